The van der Waals surface area contributed by atoms with E-state index in [1.807, 2.05) is 12.1 Å². The van der Waals surface area contributed by atoms with Crippen molar-refractivity contribution in [1.82, 2.24) is 29.1 Å². The Kier molecular flexibility index (Phi) is 5.06. The van der Waals surface area contributed by atoms with Crippen molar-refractivity contribution < 1.29 is 22.3 Å². The molecule has 1 aliphatic heterocycles. The van der Waals surface area contributed by atoms with Crippen LogP contribution in [0.2, 0.25) is 0 Å². The summed E-state index contributed by atoms with van der Waals surface area (Å²) in [7, 11) is 0. The maximum atomic E-state index is 13.6. The van der Waals surface area contributed by atoms with Gasteiger partial charge in [0.1, 0.15) is 17.1 Å². The molecule has 2 aromatic carbocycles. The second kappa shape index (κ2) is 8.18. The molecule has 1 aliphatic rings. The van der Waals surface area contributed by atoms with E-state index in [0.29, 0.717) is 29.8 Å². The average molecular weight is 498 g/mol. The van der Waals surface area contributed by atoms with E-state index in [-0.39, 0.29) is 22.8 Å². The second-order valence-electron chi connectivity index (χ2n) is 8.51. The minimum absolute atomic E-state index is 0.126. The number of nitrogens with one attached hydrogen (secondary N) is 1. The highest BCUT2D eigenvalue weighted by Gasteiger charge is 2.31. The maximum absolute atomic E-state index is 13.6. The zero-order valence-electron chi connectivity index (χ0n) is 18.6. The molecule has 0 saturated heterocycles. The molecule has 0 bridgehead atoms. The summed E-state index contributed by atoms with van der Waals surface area (Å²) in [6, 6.07) is 10.8. The molecule has 1 atom stereocenters. The molecule has 0 saturated carbocycles. The summed E-state index contributed by atoms with van der Waals surface area (Å²) >= 11 is 0. The predicted octanol–water partition coefficient (Wildman–Crippen LogP) is 4.60. The Morgan fingerprint density at radius 1 is 1.14 bits per heavy atom. The number of aromatic amines is 1. The first-order valence-corrected chi connectivity index (χ1v) is 11.2. The molecule has 0 amide bonds. The molecule has 184 valence electrons. The van der Waals surface area contributed by atoms with E-state index in [2.05, 4.69) is 19.9 Å². The van der Waals surface area contributed by atoms with Gasteiger partial charge in [-0.15, -0.1) is 0 Å². The van der Waals surface area contributed by atoms with Gasteiger partial charge in [-0.1, -0.05) is 18.2 Å². The number of hydrogen-bond acceptors (Lipinski definition) is 5. The van der Waals surface area contributed by atoms with Crippen molar-refractivity contribution in [2.24, 2.45) is 0 Å². The van der Waals surface area contributed by atoms with Crippen LogP contribution < -0.4 is 10.4 Å². The van der Waals surface area contributed by atoms with E-state index in [1.165, 1.54) is 29.0 Å². The van der Waals surface area contributed by atoms with Crippen molar-refractivity contribution in [2.75, 3.05) is 6.61 Å². The van der Waals surface area contributed by atoms with Crippen LogP contribution in [0, 0.1) is 5.82 Å². The number of aryl methyl sites for hydroxylation is 1. The third-order valence-corrected chi connectivity index (χ3v) is 6.22. The van der Waals surface area contributed by atoms with Gasteiger partial charge in [0.05, 0.1) is 36.3 Å². The lowest BCUT2D eigenvalue weighted by Gasteiger charge is -2.26. The smallest absolute Gasteiger partial charge is 0.390 e. The molecule has 4 heterocycles. The van der Waals surface area contributed by atoms with Crippen LogP contribution in [0.4, 0.5) is 17.6 Å². The zero-order valence-corrected chi connectivity index (χ0v) is 18.6. The molecule has 3 aromatic heterocycles. The molecule has 0 spiro atoms. The SMILES string of the molecule is O=c1n(CCC(F)(F)F)c2cnc(-c3nc4ccc(F)cc4[nH]3)nc2n1[C@H]1CCOc2ccccc21. The van der Waals surface area contributed by atoms with E-state index in [1.54, 1.807) is 12.1 Å². The minimum atomic E-state index is -4.44. The quantitative estimate of drug-likeness (QED) is 0.366. The van der Waals surface area contributed by atoms with Gasteiger partial charge in [-0.3, -0.25) is 9.13 Å². The zero-order chi connectivity index (χ0) is 25.0. The lowest BCUT2D eigenvalue weighted by Crippen LogP contribution is -2.31. The number of alkyl halides is 3. The predicted molar refractivity (Wildman–Crippen MR) is 122 cm³/mol. The highest BCUT2D eigenvalue weighted by atomic mass is 19.4. The number of aromatic nitrogens is 6. The molecule has 12 heteroatoms. The minimum Gasteiger partial charge on any atom is -0.493 e. The maximum Gasteiger partial charge on any atom is 0.390 e. The fraction of sp³-hybridized carbons (Fsp3) is 0.250. The Bertz CT molecular complexity index is 1670. The third-order valence-electron chi connectivity index (χ3n) is 6.22. The van der Waals surface area contributed by atoms with Crippen LogP contribution in [0.1, 0.15) is 24.4 Å². The molecule has 1 N–H and O–H groups in total. The first kappa shape index (κ1) is 22.3. The van der Waals surface area contributed by atoms with Crippen LogP contribution in [0.15, 0.2) is 53.5 Å². The highest BCUT2D eigenvalue weighted by Crippen LogP contribution is 2.35. The van der Waals surface area contributed by atoms with Gasteiger partial charge in [0.25, 0.3) is 0 Å². The number of hydrogen-bond donors (Lipinski definition) is 1. The summed E-state index contributed by atoms with van der Waals surface area (Å²) in [5, 5.41) is 0. The third kappa shape index (κ3) is 3.78. The van der Waals surface area contributed by atoms with Gasteiger partial charge >= 0.3 is 11.9 Å². The molecular weight excluding hydrogens is 480 g/mol. The molecule has 0 unspecified atom stereocenters. The fourth-order valence-electron chi connectivity index (χ4n) is 4.59. The Labute approximate surface area is 200 Å². The van der Waals surface area contributed by atoms with Crippen molar-refractivity contribution in [2.45, 2.75) is 31.6 Å². The van der Waals surface area contributed by atoms with Gasteiger partial charge < -0.3 is 9.72 Å². The van der Waals surface area contributed by atoms with E-state index in [0.717, 1.165) is 10.1 Å². The summed E-state index contributed by atoms with van der Waals surface area (Å²) in [4.78, 5) is 29.7. The Morgan fingerprint density at radius 2 is 1.97 bits per heavy atom. The number of benzene rings is 2. The van der Waals surface area contributed by atoms with Crippen LogP contribution in [-0.4, -0.2) is 41.9 Å². The number of nitrogens with zero attached hydrogens (tertiary/aromatic N) is 5. The first-order valence-electron chi connectivity index (χ1n) is 11.2. The summed E-state index contributed by atoms with van der Waals surface area (Å²) < 4.78 is 60.9. The standard InChI is InChI=1S/C24H18F4N6O2/c25-13-5-6-15-16(11-13)31-21(30-15)20-29-12-18-22(32-20)34(23(35)33(18)9-8-24(26,27)28)17-7-10-36-19-4-2-1-3-14(17)19/h1-6,11-12,17H,7-10H2,(H,30,31)/t17-/m0/s1. The van der Waals surface area contributed by atoms with Crippen LogP contribution in [0.25, 0.3) is 33.8 Å². The van der Waals surface area contributed by atoms with Crippen molar-refractivity contribution in [1.29, 1.82) is 0 Å². The molecule has 6 rings (SSSR count). The summed E-state index contributed by atoms with van der Waals surface area (Å²) in [5.74, 6) is 0.529. The van der Waals surface area contributed by atoms with E-state index in [4.69, 9.17) is 4.74 Å². The van der Waals surface area contributed by atoms with Crippen LogP contribution in [0.5, 0.6) is 5.75 Å². The van der Waals surface area contributed by atoms with Crippen molar-refractivity contribution in [3.05, 3.63) is 70.5 Å². The molecule has 0 aliphatic carbocycles. The van der Waals surface area contributed by atoms with Gasteiger partial charge in [0, 0.05) is 18.5 Å². The fourth-order valence-corrected chi connectivity index (χ4v) is 4.59. The topological polar surface area (TPSA) is 90.6 Å². The second-order valence-corrected chi connectivity index (χ2v) is 8.51. The summed E-state index contributed by atoms with van der Waals surface area (Å²) in [6.07, 6.45) is -3.86. The van der Waals surface area contributed by atoms with Gasteiger partial charge in [-0.25, -0.2) is 24.1 Å². The highest BCUT2D eigenvalue weighted by molar-refractivity contribution is 5.79. The van der Waals surface area contributed by atoms with Gasteiger partial charge in [0.15, 0.2) is 17.3 Å². The van der Waals surface area contributed by atoms with Gasteiger partial charge in [0.2, 0.25) is 0 Å². The lowest BCUT2D eigenvalue weighted by atomic mass is 10.0. The van der Waals surface area contributed by atoms with Crippen molar-refractivity contribution >= 4 is 22.2 Å². The monoisotopic (exact) mass is 498 g/mol. The van der Waals surface area contributed by atoms with Crippen molar-refractivity contribution in [3.8, 4) is 17.4 Å². The lowest BCUT2D eigenvalue weighted by molar-refractivity contribution is -0.136. The Morgan fingerprint density at radius 3 is 2.81 bits per heavy atom. The van der Waals surface area contributed by atoms with E-state index >= 15 is 0 Å². The molecule has 0 fully saturated rings. The number of imidazole rings is 2. The van der Waals surface area contributed by atoms with Crippen LogP contribution in [0.3, 0.4) is 0 Å². The largest absolute Gasteiger partial charge is 0.493 e. The molecular formula is C24H18F4N6O2. The number of fused-ring (bicyclic) bond motifs is 3. The van der Waals surface area contributed by atoms with Gasteiger partial charge in [-0.05, 0) is 24.3 Å². The van der Waals surface area contributed by atoms with E-state index < -0.39 is 36.7 Å². The Hall–Kier alpha value is -4.22. The summed E-state index contributed by atoms with van der Waals surface area (Å²) in [5.41, 5.74) is 1.41. The number of H-pyrrole nitrogens is 1. The molecule has 36 heavy (non-hydrogen) atoms. The number of ether oxygens (including phenoxy) is 1. The average Bonchev–Trinajstić information content (AvgIpc) is 3.39. The normalized spacial score (nSPS) is 15.8. The number of rotatable bonds is 4. The first-order chi connectivity index (χ1) is 17.3. The van der Waals surface area contributed by atoms with Gasteiger partial charge in [-0.2, -0.15) is 13.2 Å². The molecule has 0 radical (unpaired) electrons. The number of para-hydroxylation sites is 1. The Balaban J connectivity index is 1.55. The van der Waals surface area contributed by atoms with Crippen molar-refractivity contribution in [3.63, 3.8) is 0 Å². The molecule has 5 aromatic rings. The van der Waals surface area contributed by atoms with Crippen LogP contribution in [-0.2, 0) is 6.54 Å². The number of halogens is 4. The van der Waals surface area contributed by atoms with E-state index in [9.17, 15) is 22.4 Å². The summed E-state index contributed by atoms with van der Waals surface area (Å²) in [6.45, 7) is -0.236. The molecule has 8 nitrogen and oxygen atoms in total. The van der Waals surface area contributed by atoms with Crippen LogP contribution >= 0.6 is 0 Å².